The first-order chi connectivity index (χ1) is 9.68. The van der Waals surface area contributed by atoms with Gasteiger partial charge in [0.2, 0.25) is 0 Å². The molecule has 1 heterocycles. The fourth-order valence-electron chi connectivity index (χ4n) is 2.90. The Morgan fingerprint density at radius 1 is 0.900 bits per heavy atom. The number of hydrogen-bond donors (Lipinski definition) is 0. The number of halogens is 1. The Morgan fingerprint density at radius 2 is 1.40 bits per heavy atom. The van der Waals surface area contributed by atoms with Crippen LogP contribution in [0.4, 0.5) is 4.39 Å². The van der Waals surface area contributed by atoms with E-state index in [0.29, 0.717) is 0 Å². The van der Waals surface area contributed by atoms with E-state index in [4.69, 9.17) is 0 Å². The average molecular weight is 387 g/mol. The third-order valence-corrected chi connectivity index (χ3v) is 19.2. The summed E-state index contributed by atoms with van der Waals surface area (Å²) in [6.07, 6.45) is 10.6. The van der Waals surface area contributed by atoms with E-state index in [1.165, 1.54) is 58.0 Å². The van der Waals surface area contributed by atoms with Crippen LogP contribution in [0.3, 0.4) is 0 Å². The van der Waals surface area contributed by atoms with Crippen molar-refractivity contribution < 1.29 is 4.39 Å². The molecule has 0 saturated carbocycles. The molecule has 0 atom stereocenters. The molecule has 0 spiro atoms. The second-order valence-corrected chi connectivity index (χ2v) is 18.9. The number of unbranched alkanes of at least 4 members (excludes halogenated alkanes) is 3. The zero-order chi connectivity index (χ0) is 14.8. The molecule has 0 bridgehead atoms. The number of hydrogen-bond acceptors (Lipinski definition) is 2. The van der Waals surface area contributed by atoms with Crippen LogP contribution in [0.1, 0.15) is 59.3 Å². The monoisotopic (exact) mass is 388 g/mol. The van der Waals surface area contributed by atoms with Crippen molar-refractivity contribution in [2.24, 2.45) is 0 Å². The summed E-state index contributed by atoms with van der Waals surface area (Å²) in [5.41, 5.74) is 0. The summed E-state index contributed by atoms with van der Waals surface area (Å²) >= 11 is -2.55. The van der Waals surface area contributed by atoms with Gasteiger partial charge >= 0.3 is 127 Å². The van der Waals surface area contributed by atoms with Crippen LogP contribution in [0, 0.1) is 5.95 Å². The molecular weight excluding hydrogens is 358 g/mol. The number of aromatic nitrogens is 2. The first-order valence-electron chi connectivity index (χ1n) is 8.16. The van der Waals surface area contributed by atoms with Crippen LogP contribution >= 0.6 is 0 Å². The first-order valence-corrected chi connectivity index (χ1v) is 15.6. The number of nitrogens with zero attached hydrogens (tertiary/aromatic N) is 2. The molecule has 0 N–H and O–H groups in total. The molecule has 1 aromatic rings. The van der Waals surface area contributed by atoms with E-state index in [1.807, 2.05) is 6.20 Å². The Hall–Kier alpha value is -0.191. The molecule has 0 aliphatic heterocycles. The van der Waals surface area contributed by atoms with Gasteiger partial charge in [0.25, 0.3) is 0 Å². The van der Waals surface area contributed by atoms with Crippen LogP contribution in [-0.2, 0) is 0 Å². The van der Waals surface area contributed by atoms with Gasteiger partial charge in [-0.1, -0.05) is 0 Å². The molecule has 0 fully saturated rings. The summed E-state index contributed by atoms with van der Waals surface area (Å²) in [7, 11) is 0. The predicted octanol–water partition coefficient (Wildman–Crippen LogP) is 4.67. The van der Waals surface area contributed by atoms with Gasteiger partial charge in [0, 0.05) is 0 Å². The second kappa shape index (κ2) is 9.69. The summed E-state index contributed by atoms with van der Waals surface area (Å²) in [6.45, 7) is 6.73. The van der Waals surface area contributed by atoms with Gasteiger partial charge in [-0.25, -0.2) is 0 Å². The van der Waals surface area contributed by atoms with Crippen molar-refractivity contribution in [3.63, 3.8) is 0 Å². The van der Waals surface area contributed by atoms with Crippen LogP contribution in [-0.4, -0.2) is 28.3 Å². The van der Waals surface area contributed by atoms with Crippen molar-refractivity contribution in [1.82, 2.24) is 9.97 Å². The first kappa shape index (κ1) is 17.9. The summed E-state index contributed by atoms with van der Waals surface area (Å²) in [5, 5.41) is 0. The van der Waals surface area contributed by atoms with E-state index < -0.39 is 24.3 Å². The zero-order valence-electron chi connectivity index (χ0n) is 13.3. The minimum atomic E-state index is -2.55. The van der Waals surface area contributed by atoms with Gasteiger partial charge in [-0.05, 0) is 0 Å². The van der Waals surface area contributed by atoms with E-state index >= 15 is 0 Å². The quantitative estimate of drug-likeness (QED) is 0.546. The summed E-state index contributed by atoms with van der Waals surface area (Å²) in [4.78, 5) is 8.36. The van der Waals surface area contributed by atoms with Crippen LogP contribution in [0.2, 0.25) is 13.3 Å². The molecule has 0 aliphatic rings. The minimum absolute atomic E-state index is 0.395. The molecule has 1 rings (SSSR count). The third-order valence-electron chi connectivity index (χ3n) is 4.18. The predicted molar refractivity (Wildman–Crippen MR) is 86.5 cm³/mol. The maximum absolute atomic E-state index is 13.5. The van der Waals surface area contributed by atoms with Crippen LogP contribution in [0.25, 0.3) is 0 Å². The molecule has 0 unspecified atom stereocenters. The Balaban J connectivity index is 3.04. The van der Waals surface area contributed by atoms with Gasteiger partial charge in [0.05, 0.1) is 0 Å². The fraction of sp³-hybridized carbons (Fsp3) is 0.750. The normalized spacial score (nSPS) is 11.8. The van der Waals surface area contributed by atoms with Crippen LogP contribution in [0.5, 0.6) is 0 Å². The molecule has 4 heteroatoms. The van der Waals surface area contributed by atoms with Gasteiger partial charge in [-0.3, -0.25) is 0 Å². The Bertz CT molecular complexity index is 363. The van der Waals surface area contributed by atoms with E-state index in [-0.39, 0.29) is 0 Å². The molecule has 20 heavy (non-hydrogen) atoms. The van der Waals surface area contributed by atoms with E-state index in [1.54, 1.807) is 0 Å². The molecule has 0 aliphatic carbocycles. The average Bonchev–Trinajstić information content (AvgIpc) is 2.47. The van der Waals surface area contributed by atoms with E-state index in [2.05, 4.69) is 30.7 Å². The van der Waals surface area contributed by atoms with Crippen molar-refractivity contribution in [2.45, 2.75) is 72.6 Å². The van der Waals surface area contributed by atoms with Crippen molar-refractivity contribution >= 4 is 22.1 Å². The van der Waals surface area contributed by atoms with E-state index in [9.17, 15) is 4.39 Å². The van der Waals surface area contributed by atoms with Gasteiger partial charge in [0.1, 0.15) is 0 Å². The van der Waals surface area contributed by atoms with Crippen LogP contribution < -0.4 is 3.71 Å². The van der Waals surface area contributed by atoms with Crippen molar-refractivity contribution in [3.05, 3.63) is 18.3 Å². The maximum atomic E-state index is 13.5. The zero-order valence-corrected chi connectivity index (χ0v) is 16.1. The van der Waals surface area contributed by atoms with Gasteiger partial charge < -0.3 is 0 Å². The van der Waals surface area contributed by atoms with Gasteiger partial charge in [-0.2, -0.15) is 0 Å². The fourth-order valence-corrected chi connectivity index (χ4v) is 18.0. The summed E-state index contributed by atoms with van der Waals surface area (Å²) in [6, 6.07) is 0. The van der Waals surface area contributed by atoms with Gasteiger partial charge in [0.15, 0.2) is 0 Å². The number of rotatable bonds is 10. The molecule has 0 aromatic carbocycles. The second-order valence-electron chi connectivity index (χ2n) is 5.82. The summed E-state index contributed by atoms with van der Waals surface area (Å²) < 4.78 is 18.5. The molecule has 114 valence electrons. The molecule has 2 nitrogen and oxygen atoms in total. The van der Waals surface area contributed by atoms with Crippen LogP contribution in [0.15, 0.2) is 12.4 Å². The summed E-state index contributed by atoms with van der Waals surface area (Å²) in [5.74, 6) is -0.395. The molecule has 0 radical (unpaired) electrons. The van der Waals surface area contributed by atoms with Crippen molar-refractivity contribution in [3.8, 4) is 0 Å². The molecule has 1 aromatic heterocycles. The van der Waals surface area contributed by atoms with Crippen molar-refractivity contribution in [2.75, 3.05) is 0 Å². The van der Waals surface area contributed by atoms with Crippen molar-refractivity contribution in [1.29, 1.82) is 0 Å². The third kappa shape index (κ3) is 5.30. The topological polar surface area (TPSA) is 25.8 Å². The SMILES string of the molecule is CCC[CH2][Sn]([CH2]CCC)([CH2]CCC)[c]1cncc(F)n1. The molecule has 0 saturated heterocycles. The Morgan fingerprint density at radius 3 is 1.80 bits per heavy atom. The Labute approximate surface area is 127 Å². The van der Waals surface area contributed by atoms with Gasteiger partial charge in [-0.15, -0.1) is 0 Å². The molecule has 0 amide bonds. The standard InChI is InChI=1S/C4H2FN2.3C4H9.Sn/c5-4-3-6-1-2-7-4;3*1-3-4-2;/h1,3H;3*1,3-4H2,2H3;. The van der Waals surface area contributed by atoms with E-state index in [0.717, 1.165) is 3.71 Å². The Kier molecular flexibility index (Phi) is 8.65. The molecular formula is C16H29FN2Sn.